The molecule has 10 nitrogen and oxygen atoms in total. The lowest BCUT2D eigenvalue weighted by Crippen LogP contribution is -2.24. The molecule has 0 atom stereocenters. The van der Waals surface area contributed by atoms with Gasteiger partial charge in [0.2, 0.25) is 5.91 Å². The van der Waals surface area contributed by atoms with Gasteiger partial charge in [-0.25, -0.2) is 4.98 Å². The SMILES string of the molecule is COc1ccc(OC)c(-n2c(CNC(=O)c3cccs3)nnc2SCC(=O)Nc2nccs2)c1. The molecule has 0 saturated carbocycles. The Balaban J connectivity index is 1.60. The minimum Gasteiger partial charge on any atom is -0.497 e. The van der Waals surface area contributed by atoms with Gasteiger partial charge < -0.3 is 20.1 Å². The number of amides is 2. The molecule has 0 saturated heterocycles. The summed E-state index contributed by atoms with van der Waals surface area (Å²) in [4.78, 5) is 29.5. The van der Waals surface area contributed by atoms with Crippen molar-refractivity contribution in [1.29, 1.82) is 0 Å². The number of benzene rings is 1. The summed E-state index contributed by atoms with van der Waals surface area (Å²) >= 11 is 3.89. The highest BCUT2D eigenvalue weighted by Crippen LogP contribution is 2.32. The van der Waals surface area contributed by atoms with Gasteiger partial charge in [-0.2, -0.15) is 0 Å². The van der Waals surface area contributed by atoms with E-state index in [4.69, 9.17) is 9.47 Å². The van der Waals surface area contributed by atoms with Crippen molar-refractivity contribution >= 4 is 51.4 Å². The Labute approximate surface area is 207 Å². The molecule has 4 aromatic rings. The third-order valence-corrected chi connectivity index (χ3v) is 6.98. The lowest BCUT2D eigenvalue weighted by atomic mass is 10.2. The van der Waals surface area contributed by atoms with E-state index in [1.165, 1.54) is 34.4 Å². The largest absolute Gasteiger partial charge is 0.497 e. The van der Waals surface area contributed by atoms with E-state index in [0.717, 1.165) is 0 Å². The summed E-state index contributed by atoms with van der Waals surface area (Å²) in [7, 11) is 3.13. The van der Waals surface area contributed by atoms with Gasteiger partial charge >= 0.3 is 0 Å². The highest BCUT2D eigenvalue weighted by atomic mass is 32.2. The zero-order valence-electron chi connectivity index (χ0n) is 18.2. The number of nitrogens with one attached hydrogen (secondary N) is 2. The number of anilines is 1. The Kier molecular flexibility index (Phi) is 7.77. The minimum absolute atomic E-state index is 0.0888. The van der Waals surface area contributed by atoms with Gasteiger partial charge in [0.25, 0.3) is 5.91 Å². The number of hydrogen-bond donors (Lipinski definition) is 2. The van der Waals surface area contributed by atoms with Crippen LogP contribution in [0.3, 0.4) is 0 Å². The molecule has 0 aliphatic heterocycles. The number of methoxy groups -OCH3 is 2. The van der Waals surface area contributed by atoms with E-state index < -0.39 is 0 Å². The smallest absolute Gasteiger partial charge is 0.261 e. The molecule has 0 fully saturated rings. The zero-order chi connectivity index (χ0) is 23.9. The van der Waals surface area contributed by atoms with E-state index in [2.05, 4.69) is 25.8 Å². The first-order valence-electron chi connectivity index (χ1n) is 9.89. The summed E-state index contributed by atoms with van der Waals surface area (Å²) in [6.07, 6.45) is 1.62. The quantitative estimate of drug-likeness (QED) is 0.308. The molecule has 34 heavy (non-hydrogen) atoms. The number of ether oxygens (including phenoxy) is 2. The van der Waals surface area contributed by atoms with Crippen LogP contribution >= 0.6 is 34.4 Å². The van der Waals surface area contributed by atoms with Crippen molar-refractivity contribution in [2.75, 3.05) is 25.3 Å². The molecule has 0 spiro atoms. The predicted molar refractivity (Wildman–Crippen MR) is 131 cm³/mol. The van der Waals surface area contributed by atoms with E-state index in [1.807, 2.05) is 11.4 Å². The lowest BCUT2D eigenvalue weighted by molar-refractivity contribution is -0.113. The van der Waals surface area contributed by atoms with Crippen molar-refractivity contribution < 1.29 is 19.1 Å². The van der Waals surface area contributed by atoms with Crippen LogP contribution in [0.1, 0.15) is 15.5 Å². The van der Waals surface area contributed by atoms with Gasteiger partial charge in [0.1, 0.15) is 11.5 Å². The van der Waals surface area contributed by atoms with Crippen LogP contribution in [0.2, 0.25) is 0 Å². The topological polar surface area (TPSA) is 120 Å². The number of thiazole rings is 1. The average Bonchev–Trinajstić information content (AvgIpc) is 3.63. The van der Waals surface area contributed by atoms with Crippen LogP contribution in [0.5, 0.6) is 11.5 Å². The van der Waals surface area contributed by atoms with Crippen molar-refractivity contribution in [2.24, 2.45) is 0 Å². The van der Waals surface area contributed by atoms with Gasteiger partial charge in [0.05, 0.1) is 37.1 Å². The first-order chi connectivity index (χ1) is 16.6. The van der Waals surface area contributed by atoms with E-state index in [9.17, 15) is 9.59 Å². The van der Waals surface area contributed by atoms with Crippen molar-refractivity contribution in [1.82, 2.24) is 25.1 Å². The summed E-state index contributed by atoms with van der Waals surface area (Å²) in [5.41, 5.74) is 0.620. The van der Waals surface area contributed by atoms with Crippen LogP contribution in [0.15, 0.2) is 52.4 Å². The van der Waals surface area contributed by atoms with E-state index in [1.54, 1.807) is 54.6 Å². The first-order valence-corrected chi connectivity index (χ1v) is 12.6. The first kappa shape index (κ1) is 23.7. The maximum atomic E-state index is 12.5. The molecule has 176 valence electrons. The van der Waals surface area contributed by atoms with Crippen LogP contribution in [0.4, 0.5) is 5.13 Å². The number of thioether (sulfide) groups is 1. The lowest BCUT2D eigenvalue weighted by Gasteiger charge is -2.15. The Morgan fingerprint density at radius 1 is 1.12 bits per heavy atom. The fourth-order valence-corrected chi connectivity index (χ4v) is 4.90. The molecule has 0 radical (unpaired) electrons. The summed E-state index contributed by atoms with van der Waals surface area (Å²) in [6, 6.07) is 8.89. The van der Waals surface area contributed by atoms with Gasteiger partial charge in [0, 0.05) is 17.6 Å². The van der Waals surface area contributed by atoms with E-state index in [0.29, 0.717) is 38.2 Å². The standard InChI is InChI=1S/C21H20N6O4S3/c1-30-13-5-6-15(31-2)14(10-13)27-17(11-23-19(29)16-4-3-8-32-16)25-26-21(27)34-12-18(28)24-20-22-7-9-33-20/h3-10H,11-12H2,1-2H3,(H,23,29)(H,22,24,28). The number of nitrogens with zero attached hydrogens (tertiary/aromatic N) is 4. The molecule has 1 aromatic carbocycles. The summed E-state index contributed by atoms with van der Waals surface area (Å²) in [5, 5.41) is 18.8. The second-order valence-corrected chi connectivity index (χ2v) is 9.39. The molecule has 3 heterocycles. The van der Waals surface area contributed by atoms with Crippen LogP contribution in [0.25, 0.3) is 5.69 Å². The van der Waals surface area contributed by atoms with Gasteiger partial charge in [-0.1, -0.05) is 17.8 Å². The molecule has 2 N–H and O–H groups in total. The minimum atomic E-state index is -0.223. The fourth-order valence-electron chi connectivity index (χ4n) is 2.95. The Morgan fingerprint density at radius 2 is 2.00 bits per heavy atom. The predicted octanol–water partition coefficient (Wildman–Crippen LogP) is 3.46. The molecule has 2 amide bonds. The van der Waals surface area contributed by atoms with Crippen LogP contribution in [-0.2, 0) is 11.3 Å². The maximum Gasteiger partial charge on any atom is 0.261 e. The third kappa shape index (κ3) is 5.55. The van der Waals surface area contributed by atoms with E-state index >= 15 is 0 Å². The van der Waals surface area contributed by atoms with E-state index in [-0.39, 0.29) is 24.1 Å². The second kappa shape index (κ2) is 11.1. The number of hydrogen-bond acceptors (Lipinski definition) is 10. The van der Waals surface area contributed by atoms with Crippen LogP contribution in [0, 0.1) is 0 Å². The molecular formula is C21H20N6O4S3. The number of carbonyl (C=O) groups is 2. The summed E-state index contributed by atoms with van der Waals surface area (Å²) in [5.74, 6) is 1.29. The number of rotatable bonds is 10. The van der Waals surface area contributed by atoms with Crippen LogP contribution < -0.4 is 20.1 Å². The van der Waals surface area contributed by atoms with Gasteiger partial charge in [-0.15, -0.1) is 32.9 Å². The fraction of sp³-hybridized carbons (Fsp3) is 0.190. The molecule has 0 bridgehead atoms. The monoisotopic (exact) mass is 516 g/mol. The highest BCUT2D eigenvalue weighted by Gasteiger charge is 2.20. The van der Waals surface area contributed by atoms with Crippen molar-refractivity contribution in [3.8, 4) is 17.2 Å². The molecule has 4 rings (SSSR count). The summed E-state index contributed by atoms with van der Waals surface area (Å²) in [6.45, 7) is 0.121. The molecular weight excluding hydrogens is 496 g/mol. The Morgan fingerprint density at radius 3 is 2.71 bits per heavy atom. The second-order valence-electron chi connectivity index (χ2n) is 6.61. The van der Waals surface area contributed by atoms with Gasteiger partial charge in [-0.3, -0.25) is 14.2 Å². The normalized spacial score (nSPS) is 10.6. The highest BCUT2D eigenvalue weighted by molar-refractivity contribution is 7.99. The molecule has 13 heteroatoms. The molecule has 0 aliphatic rings. The van der Waals surface area contributed by atoms with Gasteiger partial charge in [0.15, 0.2) is 16.1 Å². The molecule has 0 aliphatic carbocycles. The molecule has 0 unspecified atom stereocenters. The Hall–Kier alpha value is -3.42. The zero-order valence-corrected chi connectivity index (χ0v) is 20.6. The Bertz CT molecular complexity index is 1260. The van der Waals surface area contributed by atoms with Crippen molar-refractivity contribution in [3.63, 3.8) is 0 Å². The van der Waals surface area contributed by atoms with Crippen molar-refractivity contribution in [3.05, 3.63) is 58.0 Å². The van der Waals surface area contributed by atoms with Crippen molar-refractivity contribution in [2.45, 2.75) is 11.7 Å². The molecule has 3 aromatic heterocycles. The summed E-state index contributed by atoms with van der Waals surface area (Å²) < 4.78 is 12.7. The van der Waals surface area contributed by atoms with Gasteiger partial charge in [-0.05, 0) is 23.6 Å². The van der Waals surface area contributed by atoms with Crippen LogP contribution in [-0.4, -0.2) is 51.5 Å². The number of thiophene rings is 1. The maximum absolute atomic E-state index is 12.5. The average molecular weight is 517 g/mol. The number of aromatic nitrogens is 4. The number of carbonyl (C=O) groups excluding carboxylic acids is 2. The third-order valence-electron chi connectivity index (χ3n) is 4.49.